The lowest BCUT2D eigenvalue weighted by molar-refractivity contribution is -0.0775. The van der Waals surface area contributed by atoms with Crippen molar-refractivity contribution in [2.24, 2.45) is 28.6 Å². The second-order valence-corrected chi connectivity index (χ2v) is 7.40. The van der Waals surface area contributed by atoms with E-state index in [0.29, 0.717) is 16.7 Å². The van der Waals surface area contributed by atoms with Gasteiger partial charge in [0.1, 0.15) is 0 Å². The summed E-state index contributed by atoms with van der Waals surface area (Å²) in [5, 5.41) is 10.5. The summed E-state index contributed by atoms with van der Waals surface area (Å²) >= 11 is 0. The van der Waals surface area contributed by atoms with Gasteiger partial charge in [-0.15, -0.1) is 0 Å². The molecule has 0 heterocycles. The van der Waals surface area contributed by atoms with Crippen LogP contribution in [0, 0.1) is 28.6 Å². The molecule has 0 radical (unpaired) electrons. The fourth-order valence-corrected chi connectivity index (χ4v) is 5.73. The maximum absolute atomic E-state index is 10.5. The lowest BCUT2D eigenvalue weighted by Gasteiger charge is -2.49. The van der Waals surface area contributed by atoms with Gasteiger partial charge in [-0.1, -0.05) is 20.8 Å². The first-order valence-electron chi connectivity index (χ1n) is 7.09. The van der Waals surface area contributed by atoms with Gasteiger partial charge < -0.3 is 5.11 Å². The third kappa shape index (κ3) is 0.978. The highest BCUT2D eigenvalue weighted by Crippen LogP contribution is 2.81. The summed E-state index contributed by atoms with van der Waals surface area (Å²) < 4.78 is 0. The zero-order valence-corrected chi connectivity index (χ0v) is 11.2. The minimum Gasteiger partial charge on any atom is -0.390 e. The van der Waals surface area contributed by atoms with Crippen LogP contribution in [0.4, 0.5) is 0 Å². The second-order valence-electron chi connectivity index (χ2n) is 7.40. The van der Waals surface area contributed by atoms with Gasteiger partial charge in [-0.25, -0.2) is 0 Å². The maximum Gasteiger partial charge on any atom is 0.0653 e. The van der Waals surface area contributed by atoms with Crippen molar-refractivity contribution >= 4 is 0 Å². The lowest BCUT2D eigenvalue weighted by atomic mass is 9.57. The summed E-state index contributed by atoms with van der Waals surface area (Å²) in [6.45, 7) is 9.34. The molecule has 3 aliphatic rings. The van der Waals surface area contributed by atoms with E-state index < -0.39 is 0 Å². The SMILES string of the molecule is CC(C)[C@]12CC[C@@H](C)[C@]13C[C@@H]3[C@@](C)(O)CC2. The van der Waals surface area contributed by atoms with Crippen LogP contribution >= 0.6 is 0 Å². The van der Waals surface area contributed by atoms with Crippen molar-refractivity contribution in [3.8, 4) is 0 Å². The summed E-state index contributed by atoms with van der Waals surface area (Å²) in [5.41, 5.74) is 0.721. The molecule has 16 heavy (non-hydrogen) atoms. The Balaban J connectivity index is 2.03. The van der Waals surface area contributed by atoms with Crippen LogP contribution in [0.2, 0.25) is 0 Å². The third-order valence-corrected chi connectivity index (χ3v) is 6.77. The molecule has 1 spiro atoms. The Kier molecular flexibility index (Phi) is 1.98. The van der Waals surface area contributed by atoms with E-state index in [-0.39, 0.29) is 5.60 Å². The van der Waals surface area contributed by atoms with Crippen LogP contribution in [0.1, 0.15) is 59.8 Å². The quantitative estimate of drug-likeness (QED) is 0.718. The van der Waals surface area contributed by atoms with Crippen molar-refractivity contribution in [2.75, 3.05) is 0 Å². The van der Waals surface area contributed by atoms with Crippen molar-refractivity contribution in [3.05, 3.63) is 0 Å². The molecule has 3 fully saturated rings. The molecule has 0 aromatic heterocycles. The molecule has 1 heteroatoms. The molecular weight excluding hydrogens is 196 g/mol. The van der Waals surface area contributed by atoms with E-state index >= 15 is 0 Å². The Labute approximate surface area is 99.6 Å². The first-order valence-corrected chi connectivity index (χ1v) is 7.09. The summed E-state index contributed by atoms with van der Waals surface area (Å²) in [6, 6.07) is 0. The number of hydrogen-bond donors (Lipinski definition) is 1. The fraction of sp³-hybridized carbons (Fsp3) is 1.00. The highest BCUT2D eigenvalue weighted by molar-refractivity contribution is 5.25. The van der Waals surface area contributed by atoms with Crippen molar-refractivity contribution in [2.45, 2.75) is 65.4 Å². The minimum absolute atomic E-state index is 0.364. The predicted molar refractivity (Wildman–Crippen MR) is 66.1 cm³/mol. The first kappa shape index (κ1) is 11.1. The van der Waals surface area contributed by atoms with Gasteiger partial charge in [0.2, 0.25) is 0 Å². The second kappa shape index (κ2) is 2.85. The Bertz CT molecular complexity index is 319. The van der Waals surface area contributed by atoms with E-state index in [9.17, 15) is 5.11 Å². The zero-order chi connectivity index (χ0) is 11.8. The van der Waals surface area contributed by atoms with Crippen LogP contribution in [0.3, 0.4) is 0 Å². The van der Waals surface area contributed by atoms with Crippen LogP contribution in [0.25, 0.3) is 0 Å². The highest BCUT2D eigenvalue weighted by Gasteiger charge is 2.77. The average molecular weight is 222 g/mol. The van der Waals surface area contributed by atoms with Crippen LogP contribution in [0.5, 0.6) is 0 Å². The van der Waals surface area contributed by atoms with Gasteiger partial charge in [0.15, 0.2) is 0 Å². The number of aliphatic hydroxyl groups is 1. The van der Waals surface area contributed by atoms with Gasteiger partial charge in [-0.2, -0.15) is 0 Å². The van der Waals surface area contributed by atoms with E-state index in [0.717, 1.165) is 18.3 Å². The van der Waals surface area contributed by atoms with E-state index in [1.54, 1.807) is 0 Å². The van der Waals surface area contributed by atoms with Crippen molar-refractivity contribution in [1.29, 1.82) is 0 Å². The molecule has 3 rings (SSSR count). The van der Waals surface area contributed by atoms with E-state index in [1.165, 1.54) is 25.7 Å². The molecule has 0 aromatic rings. The summed E-state index contributed by atoms with van der Waals surface area (Å²) in [4.78, 5) is 0. The van der Waals surface area contributed by atoms with Gasteiger partial charge >= 0.3 is 0 Å². The van der Waals surface area contributed by atoms with Gasteiger partial charge in [0.25, 0.3) is 0 Å². The molecule has 3 aliphatic carbocycles. The van der Waals surface area contributed by atoms with Crippen LogP contribution in [0.15, 0.2) is 0 Å². The molecular formula is C15H26O. The monoisotopic (exact) mass is 222 g/mol. The molecule has 1 N–H and O–H groups in total. The third-order valence-electron chi connectivity index (χ3n) is 6.77. The summed E-state index contributed by atoms with van der Waals surface area (Å²) in [5.74, 6) is 2.24. The Morgan fingerprint density at radius 1 is 1.19 bits per heavy atom. The van der Waals surface area contributed by atoms with E-state index in [2.05, 4.69) is 27.7 Å². The fourth-order valence-electron chi connectivity index (χ4n) is 5.73. The van der Waals surface area contributed by atoms with E-state index in [4.69, 9.17) is 0 Å². The number of hydrogen-bond acceptors (Lipinski definition) is 1. The average Bonchev–Trinajstić information content (AvgIpc) is 2.88. The molecule has 0 amide bonds. The topological polar surface area (TPSA) is 20.2 Å². The lowest BCUT2D eigenvalue weighted by Crippen LogP contribution is -2.46. The molecule has 0 unspecified atom stereocenters. The summed E-state index contributed by atoms with van der Waals surface area (Å²) in [7, 11) is 0. The van der Waals surface area contributed by atoms with Crippen LogP contribution in [-0.4, -0.2) is 10.7 Å². The van der Waals surface area contributed by atoms with Crippen LogP contribution < -0.4 is 0 Å². The molecule has 3 saturated carbocycles. The Morgan fingerprint density at radius 2 is 1.88 bits per heavy atom. The van der Waals surface area contributed by atoms with E-state index in [1.807, 2.05) is 0 Å². The molecule has 0 aromatic carbocycles. The van der Waals surface area contributed by atoms with Gasteiger partial charge in [-0.05, 0) is 67.6 Å². The van der Waals surface area contributed by atoms with Crippen molar-refractivity contribution in [1.82, 2.24) is 0 Å². The minimum atomic E-state index is -0.364. The summed E-state index contributed by atoms with van der Waals surface area (Å²) in [6.07, 6.45) is 6.41. The molecule has 0 aliphatic heterocycles. The smallest absolute Gasteiger partial charge is 0.0653 e. The Hall–Kier alpha value is -0.0400. The van der Waals surface area contributed by atoms with Crippen molar-refractivity contribution in [3.63, 3.8) is 0 Å². The molecule has 92 valence electrons. The highest BCUT2D eigenvalue weighted by atomic mass is 16.3. The standard InChI is InChI=1S/C15H26O/c1-10(2)14-6-5-11(3)15(14)9-12(15)13(4,16)7-8-14/h10-12,16H,5-9H2,1-4H3/t11-,12-,13+,14-,15+/m1/s1. The first-order chi connectivity index (χ1) is 7.37. The predicted octanol–water partition coefficient (Wildman–Crippen LogP) is 3.61. The van der Waals surface area contributed by atoms with Crippen molar-refractivity contribution < 1.29 is 5.11 Å². The van der Waals surface area contributed by atoms with Crippen LogP contribution in [-0.2, 0) is 0 Å². The molecule has 5 atom stereocenters. The Morgan fingerprint density at radius 3 is 2.50 bits per heavy atom. The van der Waals surface area contributed by atoms with Gasteiger partial charge in [0.05, 0.1) is 5.60 Å². The maximum atomic E-state index is 10.5. The molecule has 0 saturated heterocycles. The molecule has 0 bridgehead atoms. The van der Waals surface area contributed by atoms with Gasteiger partial charge in [-0.3, -0.25) is 0 Å². The zero-order valence-electron chi connectivity index (χ0n) is 11.2. The largest absolute Gasteiger partial charge is 0.390 e. The van der Waals surface area contributed by atoms with Gasteiger partial charge in [0, 0.05) is 0 Å². The number of rotatable bonds is 1. The molecule has 1 nitrogen and oxygen atoms in total. The normalized spacial score (nSPS) is 59.6.